The van der Waals surface area contributed by atoms with Crippen LogP contribution >= 0.6 is 0 Å². The predicted octanol–water partition coefficient (Wildman–Crippen LogP) is 1.59. The lowest BCUT2D eigenvalue weighted by Crippen LogP contribution is -2.62. The highest BCUT2D eigenvalue weighted by atomic mass is 16.5. The van der Waals surface area contributed by atoms with E-state index in [1.165, 1.54) is 6.42 Å². The van der Waals surface area contributed by atoms with Gasteiger partial charge in [0, 0.05) is 13.1 Å². The fourth-order valence-corrected chi connectivity index (χ4v) is 3.70. The summed E-state index contributed by atoms with van der Waals surface area (Å²) >= 11 is 0. The van der Waals surface area contributed by atoms with Crippen molar-refractivity contribution < 1.29 is 14.1 Å². The van der Waals surface area contributed by atoms with Crippen LogP contribution in [-0.4, -0.2) is 52.8 Å². The molecule has 1 aliphatic heterocycles. The van der Waals surface area contributed by atoms with Gasteiger partial charge in [-0.05, 0) is 26.7 Å². The predicted molar refractivity (Wildman–Crippen MR) is 83.8 cm³/mol. The molecule has 1 saturated carbocycles. The Morgan fingerprint density at radius 3 is 2.57 bits per heavy atom. The summed E-state index contributed by atoms with van der Waals surface area (Å²) in [4.78, 5) is 19.7. The van der Waals surface area contributed by atoms with Crippen molar-refractivity contribution >= 4 is 5.91 Å². The fraction of sp³-hybridized carbons (Fsp3) is 0.812. The average Bonchev–Trinajstić information content (AvgIpc) is 3.03. The van der Waals surface area contributed by atoms with Crippen molar-refractivity contribution in [2.45, 2.75) is 57.5 Å². The number of aromatic nitrogens is 2. The second kappa shape index (κ2) is 6.97. The average molecular weight is 322 g/mol. The summed E-state index contributed by atoms with van der Waals surface area (Å²) in [5.74, 6) is 1.13. The smallest absolute Gasteiger partial charge is 0.248 e. The number of aryl methyl sites for hydroxylation is 1. The van der Waals surface area contributed by atoms with Gasteiger partial charge in [-0.1, -0.05) is 24.4 Å². The first-order valence-electron chi connectivity index (χ1n) is 8.56. The summed E-state index contributed by atoms with van der Waals surface area (Å²) in [7, 11) is 0. The summed E-state index contributed by atoms with van der Waals surface area (Å²) in [6.07, 6.45) is 5.22. The van der Waals surface area contributed by atoms with E-state index in [4.69, 9.17) is 9.26 Å². The first kappa shape index (κ1) is 16.4. The van der Waals surface area contributed by atoms with Crippen molar-refractivity contribution in [1.29, 1.82) is 0 Å². The van der Waals surface area contributed by atoms with E-state index in [-0.39, 0.29) is 11.9 Å². The Morgan fingerprint density at radius 1 is 1.26 bits per heavy atom. The molecule has 2 heterocycles. The van der Waals surface area contributed by atoms with Crippen LogP contribution in [-0.2, 0) is 9.53 Å². The first-order chi connectivity index (χ1) is 11.1. The van der Waals surface area contributed by atoms with Gasteiger partial charge in [-0.3, -0.25) is 9.69 Å². The molecule has 0 spiro atoms. The molecule has 7 heteroatoms. The van der Waals surface area contributed by atoms with Crippen molar-refractivity contribution in [2.24, 2.45) is 0 Å². The van der Waals surface area contributed by atoms with Crippen molar-refractivity contribution in [2.75, 3.05) is 26.3 Å². The molecule has 3 rings (SSSR count). The minimum absolute atomic E-state index is 0.0856. The van der Waals surface area contributed by atoms with Crippen LogP contribution in [0.3, 0.4) is 0 Å². The molecule has 2 fully saturated rings. The molecule has 1 aromatic rings. The Balaban J connectivity index is 1.74. The quantitative estimate of drug-likeness (QED) is 0.907. The van der Waals surface area contributed by atoms with E-state index < -0.39 is 5.54 Å². The van der Waals surface area contributed by atoms with Crippen LogP contribution in [0.1, 0.15) is 56.8 Å². The van der Waals surface area contributed by atoms with Crippen molar-refractivity contribution in [3.8, 4) is 0 Å². The lowest BCUT2D eigenvalue weighted by atomic mass is 9.79. The Kier molecular flexibility index (Phi) is 4.96. The van der Waals surface area contributed by atoms with Gasteiger partial charge in [0.15, 0.2) is 5.82 Å². The van der Waals surface area contributed by atoms with E-state index >= 15 is 0 Å². The molecule has 0 aromatic carbocycles. The van der Waals surface area contributed by atoms with Gasteiger partial charge in [0.05, 0.1) is 13.2 Å². The normalized spacial score (nSPS) is 23.4. The Bertz CT molecular complexity index is 533. The lowest BCUT2D eigenvalue weighted by Gasteiger charge is -2.46. The molecule has 2 aliphatic rings. The summed E-state index contributed by atoms with van der Waals surface area (Å²) in [5, 5.41) is 6.90. The number of hydrogen-bond donors (Lipinski definition) is 1. The van der Waals surface area contributed by atoms with E-state index in [9.17, 15) is 4.79 Å². The zero-order valence-corrected chi connectivity index (χ0v) is 14.0. The molecule has 1 aliphatic carbocycles. The third-order valence-electron chi connectivity index (χ3n) is 4.98. The van der Waals surface area contributed by atoms with Crippen molar-refractivity contribution in [1.82, 2.24) is 20.4 Å². The number of carbonyl (C=O) groups excluding carboxylic acids is 1. The zero-order chi connectivity index (χ0) is 16.3. The van der Waals surface area contributed by atoms with Crippen LogP contribution in [0.15, 0.2) is 4.52 Å². The second-order valence-corrected chi connectivity index (χ2v) is 6.57. The summed E-state index contributed by atoms with van der Waals surface area (Å²) in [6.45, 7) is 6.71. The highest BCUT2D eigenvalue weighted by Gasteiger charge is 2.45. The molecule has 0 radical (unpaired) electrons. The van der Waals surface area contributed by atoms with Crippen LogP contribution in [0.2, 0.25) is 0 Å². The summed E-state index contributed by atoms with van der Waals surface area (Å²) in [6, 6.07) is -0.274. The van der Waals surface area contributed by atoms with Gasteiger partial charge in [-0.2, -0.15) is 4.98 Å². The molecule has 128 valence electrons. The number of rotatable bonds is 4. The number of nitrogens with one attached hydrogen (secondary N) is 1. The molecular formula is C16H26N4O3. The van der Waals surface area contributed by atoms with Crippen molar-refractivity contribution in [3.05, 3.63) is 11.7 Å². The number of amides is 1. The Labute approximate surface area is 136 Å². The van der Waals surface area contributed by atoms with Gasteiger partial charge in [-0.25, -0.2) is 0 Å². The van der Waals surface area contributed by atoms with E-state index in [0.717, 1.165) is 38.8 Å². The van der Waals surface area contributed by atoms with Gasteiger partial charge in [0.1, 0.15) is 11.6 Å². The molecule has 7 nitrogen and oxygen atoms in total. The first-order valence-corrected chi connectivity index (χ1v) is 8.56. The van der Waals surface area contributed by atoms with Gasteiger partial charge >= 0.3 is 0 Å². The van der Waals surface area contributed by atoms with E-state index in [1.54, 1.807) is 6.92 Å². The highest BCUT2D eigenvalue weighted by Crippen LogP contribution is 2.35. The Morgan fingerprint density at radius 2 is 1.96 bits per heavy atom. The fourth-order valence-electron chi connectivity index (χ4n) is 3.70. The number of ether oxygens (including phenoxy) is 1. The maximum atomic E-state index is 13.1. The zero-order valence-electron chi connectivity index (χ0n) is 14.0. The molecular weight excluding hydrogens is 296 g/mol. The molecule has 1 atom stereocenters. The van der Waals surface area contributed by atoms with Crippen LogP contribution in [0, 0.1) is 6.92 Å². The topological polar surface area (TPSA) is 80.5 Å². The van der Waals surface area contributed by atoms with Crippen LogP contribution in [0.4, 0.5) is 0 Å². The van der Waals surface area contributed by atoms with Crippen molar-refractivity contribution in [3.63, 3.8) is 0 Å². The summed E-state index contributed by atoms with van der Waals surface area (Å²) < 4.78 is 10.6. The maximum Gasteiger partial charge on any atom is 0.248 e. The minimum atomic E-state index is -0.411. The van der Waals surface area contributed by atoms with Crippen LogP contribution < -0.4 is 5.32 Å². The molecule has 1 saturated heterocycles. The molecule has 23 heavy (non-hydrogen) atoms. The standard InChI is InChI=1S/C16H26N4O3/c1-12(14-18-13(2)19-23-14)17-15(21)16(6-4-3-5-7-16)20-8-10-22-11-9-20/h12H,3-11H2,1-2H3,(H,17,21)/t12-/m1/s1. The van der Waals surface area contributed by atoms with Gasteiger partial charge < -0.3 is 14.6 Å². The van der Waals surface area contributed by atoms with E-state index in [1.807, 2.05) is 6.92 Å². The second-order valence-electron chi connectivity index (χ2n) is 6.57. The Hall–Kier alpha value is -1.47. The van der Waals surface area contributed by atoms with E-state index in [0.29, 0.717) is 24.9 Å². The highest BCUT2D eigenvalue weighted by molar-refractivity contribution is 5.86. The molecule has 0 unspecified atom stereocenters. The largest absolute Gasteiger partial charge is 0.379 e. The van der Waals surface area contributed by atoms with Gasteiger partial charge in [-0.15, -0.1) is 0 Å². The molecule has 1 aromatic heterocycles. The third kappa shape index (κ3) is 3.40. The number of nitrogens with zero attached hydrogens (tertiary/aromatic N) is 3. The maximum absolute atomic E-state index is 13.1. The third-order valence-corrected chi connectivity index (χ3v) is 4.98. The lowest BCUT2D eigenvalue weighted by molar-refractivity contribution is -0.141. The van der Waals surface area contributed by atoms with Crippen LogP contribution in [0.25, 0.3) is 0 Å². The monoisotopic (exact) mass is 322 g/mol. The number of carbonyl (C=O) groups is 1. The SMILES string of the molecule is Cc1noc([C@@H](C)NC(=O)C2(N3CCOCC3)CCCCC2)n1. The van der Waals surface area contributed by atoms with E-state index in [2.05, 4.69) is 20.4 Å². The number of morpholine rings is 1. The van der Waals surface area contributed by atoms with Crippen LogP contribution in [0.5, 0.6) is 0 Å². The minimum Gasteiger partial charge on any atom is -0.379 e. The molecule has 1 amide bonds. The summed E-state index contributed by atoms with van der Waals surface area (Å²) in [5.41, 5.74) is -0.411. The van der Waals surface area contributed by atoms with Gasteiger partial charge in [0.25, 0.3) is 0 Å². The molecule has 1 N–H and O–H groups in total. The van der Waals surface area contributed by atoms with Gasteiger partial charge in [0.2, 0.25) is 11.8 Å². The molecule has 0 bridgehead atoms. The number of hydrogen-bond acceptors (Lipinski definition) is 6.